The first kappa shape index (κ1) is 34.5. The lowest BCUT2D eigenvalue weighted by Gasteiger charge is -2.36. The van der Waals surface area contributed by atoms with Gasteiger partial charge in [-0.05, 0) is 81.0 Å². The highest BCUT2D eigenvalue weighted by atomic mass is 28.4. The van der Waals surface area contributed by atoms with Crippen LogP contribution in [0.25, 0.3) is 5.78 Å². The van der Waals surface area contributed by atoms with Gasteiger partial charge in [-0.25, -0.2) is 14.5 Å². The summed E-state index contributed by atoms with van der Waals surface area (Å²) in [6.45, 7) is 12.8. The maximum atomic E-state index is 13.7. The lowest BCUT2D eigenvalue weighted by Crippen LogP contribution is -2.47. The molecular formula is C33H47F3N8O3Si. The van der Waals surface area contributed by atoms with Crippen LogP contribution in [-0.4, -0.2) is 62.2 Å². The standard InChI is InChI=1S/C33H47F3N8O3Si/c1-7-43-26(12-13-38-43)30(46)41-28(27(19-8-9-19)20-10-11-20)24-17-44-31(39-24)40-25(18-47-48(5,6)32(2,3)4)23(42-44)15-21-14-22(33(34,35)36)16-37-29(21)45/h12-13,17,19-22,27-28H,7-11,14-16,18H2,1-6H3,(H,37,45)(H,41,46)/t21-,22-,28-/m1/s1. The molecule has 6 rings (SSSR count). The minimum absolute atomic E-state index is 0.0149. The Balaban J connectivity index is 1.37. The second-order valence-electron chi connectivity index (χ2n) is 15.3. The molecule has 2 amide bonds. The average molecular weight is 689 g/mol. The van der Waals surface area contributed by atoms with E-state index in [1.165, 1.54) is 4.52 Å². The minimum atomic E-state index is -4.41. The molecule has 2 aliphatic carbocycles. The number of nitrogens with zero attached hydrogens (tertiary/aromatic N) is 6. The molecule has 1 aliphatic heterocycles. The highest BCUT2D eigenvalue weighted by Gasteiger charge is 2.48. The van der Waals surface area contributed by atoms with Gasteiger partial charge in [0.1, 0.15) is 5.69 Å². The van der Waals surface area contributed by atoms with Gasteiger partial charge in [0, 0.05) is 31.6 Å². The number of carbonyl (C=O) groups is 2. The fourth-order valence-corrected chi connectivity index (χ4v) is 7.53. The van der Waals surface area contributed by atoms with E-state index in [0.717, 1.165) is 25.7 Å². The van der Waals surface area contributed by atoms with Crippen molar-refractivity contribution in [2.24, 2.45) is 29.6 Å². The Morgan fingerprint density at radius 3 is 2.42 bits per heavy atom. The van der Waals surface area contributed by atoms with Crippen molar-refractivity contribution in [3.63, 3.8) is 0 Å². The number of hydrogen-bond acceptors (Lipinski definition) is 7. The van der Waals surface area contributed by atoms with Gasteiger partial charge in [-0.15, -0.1) is 0 Å². The zero-order valence-corrected chi connectivity index (χ0v) is 29.6. The number of imidazole rings is 1. The first-order chi connectivity index (χ1) is 22.6. The third-order valence-electron chi connectivity index (χ3n) is 10.8. The van der Waals surface area contributed by atoms with Crippen LogP contribution in [0.2, 0.25) is 18.1 Å². The number of carbonyl (C=O) groups excluding carboxylic acids is 2. The van der Waals surface area contributed by atoms with Crippen molar-refractivity contribution >= 4 is 25.9 Å². The van der Waals surface area contributed by atoms with Gasteiger partial charge in [0.2, 0.25) is 5.91 Å². The number of piperidine rings is 1. The van der Waals surface area contributed by atoms with E-state index in [2.05, 4.69) is 49.6 Å². The van der Waals surface area contributed by atoms with Crippen LogP contribution >= 0.6 is 0 Å². The number of fused-ring (bicyclic) bond motifs is 1. The molecule has 262 valence electrons. The molecule has 4 heterocycles. The van der Waals surface area contributed by atoms with E-state index in [4.69, 9.17) is 19.5 Å². The van der Waals surface area contributed by atoms with Crippen LogP contribution in [0.5, 0.6) is 0 Å². The number of nitrogens with one attached hydrogen (secondary N) is 2. The number of rotatable bonds is 12. The molecule has 2 saturated carbocycles. The summed E-state index contributed by atoms with van der Waals surface area (Å²) in [5.74, 6) is -1.70. The Hall–Kier alpha value is -3.33. The molecule has 11 nitrogen and oxygen atoms in total. The van der Waals surface area contributed by atoms with Crippen molar-refractivity contribution in [2.45, 2.75) is 110 Å². The van der Waals surface area contributed by atoms with E-state index in [1.807, 2.05) is 6.92 Å². The van der Waals surface area contributed by atoms with Crippen LogP contribution in [0.4, 0.5) is 13.2 Å². The number of aromatic nitrogens is 6. The van der Waals surface area contributed by atoms with E-state index < -0.39 is 38.8 Å². The van der Waals surface area contributed by atoms with Crippen molar-refractivity contribution in [2.75, 3.05) is 6.54 Å². The van der Waals surface area contributed by atoms with Crippen molar-refractivity contribution in [3.05, 3.63) is 41.2 Å². The third-order valence-corrected chi connectivity index (χ3v) is 15.3. The van der Waals surface area contributed by atoms with Crippen LogP contribution in [-0.2, 0) is 28.8 Å². The van der Waals surface area contributed by atoms with Gasteiger partial charge < -0.3 is 15.1 Å². The predicted octanol–water partition coefficient (Wildman–Crippen LogP) is 5.63. The van der Waals surface area contributed by atoms with Crippen LogP contribution in [0.1, 0.15) is 93.4 Å². The zero-order chi connectivity index (χ0) is 34.6. The lowest BCUT2D eigenvalue weighted by molar-refractivity contribution is -0.183. The fraction of sp³-hybridized carbons (Fsp3) is 0.697. The van der Waals surface area contributed by atoms with E-state index in [9.17, 15) is 22.8 Å². The van der Waals surface area contributed by atoms with E-state index in [1.54, 1.807) is 23.1 Å². The summed E-state index contributed by atoms with van der Waals surface area (Å²) in [6.07, 6.45) is 3.05. The zero-order valence-electron chi connectivity index (χ0n) is 28.6. The number of hydrogen-bond donors (Lipinski definition) is 2. The quantitative estimate of drug-likeness (QED) is 0.236. The second kappa shape index (κ2) is 12.8. The van der Waals surface area contributed by atoms with E-state index in [0.29, 0.717) is 46.9 Å². The SMILES string of the molecule is CCn1nccc1C(=O)N[C@H](c1cn2nc(C[C@H]3C[C@@H](C(F)(F)F)CNC3=O)c(CO[Si](C)(C)C(C)(C)C)nc2n1)C(C1CC1)C1CC1. The highest BCUT2D eigenvalue weighted by Crippen LogP contribution is 2.54. The van der Waals surface area contributed by atoms with Crippen molar-refractivity contribution < 1.29 is 27.2 Å². The Labute approximate surface area is 279 Å². The number of halogens is 3. The summed E-state index contributed by atoms with van der Waals surface area (Å²) in [4.78, 5) is 36.2. The summed E-state index contributed by atoms with van der Waals surface area (Å²) in [7, 11) is -2.25. The van der Waals surface area contributed by atoms with Gasteiger partial charge in [-0.3, -0.25) is 14.3 Å². The molecule has 3 aromatic rings. The molecule has 3 aromatic heterocycles. The number of amides is 2. The first-order valence-corrected chi connectivity index (χ1v) is 20.0. The van der Waals surface area contributed by atoms with Crippen LogP contribution < -0.4 is 10.6 Å². The van der Waals surface area contributed by atoms with Crippen molar-refractivity contribution in [1.29, 1.82) is 0 Å². The summed E-state index contributed by atoms with van der Waals surface area (Å²) < 4.78 is 50.7. The largest absolute Gasteiger partial charge is 0.411 e. The molecule has 0 unspecified atom stereocenters. The topological polar surface area (TPSA) is 128 Å². The maximum Gasteiger partial charge on any atom is 0.393 e. The van der Waals surface area contributed by atoms with Crippen LogP contribution in [0.3, 0.4) is 0 Å². The fourth-order valence-electron chi connectivity index (χ4n) is 6.60. The predicted molar refractivity (Wildman–Crippen MR) is 174 cm³/mol. The lowest BCUT2D eigenvalue weighted by atomic mass is 9.86. The van der Waals surface area contributed by atoms with Gasteiger partial charge in [-0.1, -0.05) is 20.8 Å². The van der Waals surface area contributed by atoms with Crippen molar-refractivity contribution in [1.82, 2.24) is 40.0 Å². The Morgan fingerprint density at radius 2 is 1.81 bits per heavy atom. The first-order valence-electron chi connectivity index (χ1n) is 17.1. The summed E-state index contributed by atoms with van der Waals surface area (Å²) in [5, 5.41) is 14.7. The third kappa shape index (κ3) is 7.31. The molecule has 0 spiro atoms. The van der Waals surface area contributed by atoms with Crippen molar-refractivity contribution in [3.8, 4) is 0 Å². The summed E-state index contributed by atoms with van der Waals surface area (Å²) in [5.41, 5.74) is 1.97. The molecular weight excluding hydrogens is 641 g/mol. The van der Waals surface area contributed by atoms with Gasteiger partial charge in [-0.2, -0.15) is 23.4 Å². The molecule has 3 aliphatic rings. The van der Waals surface area contributed by atoms with Gasteiger partial charge in [0.15, 0.2) is 8.32 Å². The van der Waals surface area contributed by atoms with Gasteiger partial charge in [0.05, 0.1) is 41.8 Å². The number of aryl methyl sites for hydroxylation is 1. The Bertz CT molecular complexity index is 1650. The molecule has 2 N–H and O–H groups in total. The molecule has 0 bridgehead atoms. The van der Waals surface area contributed by atoms with Crippen LogP contribution in [0.15, 0.2) is 18.5 Å². The average Bonchev–Trinajstić information content (AvgIpc) is 3.94. The summed E-state index contributed by atoms with van der Waals surface area (Å²) in [6, 6.07) is 1.32. The molecule has 1 saturated heterocycles. The van der Waals surface area contributed by atoms with E-state index >= 15 is 0 Å². The molecule has 0 radical (unpaired) electrons. The minimum Gasteiger partial charge on any atom is -0.411 e. The Morgan fingerprint density at radius 1 is 1.12 bits per heavy atom. The number of alkyl halides is 3. The van der Waals surface area contributed by atoms with Gasteiger partial charge in [0.25, 0.3) is 11.7 Å². The molecule has 3 fully saturated rings. The van der Waals surface area contributed by atoms with Crippen LogP contribution in [0, 0.1) is 29.6 Å². The molecule has 0 aromatic carbocycles. The smallest absolute Gasteiger partial charge is 0.393 e. The summed E-state index contributed by atoms with van der Waals surface area (Å²) >= 11 is 0. The molecule has 15 heteroatoms. The maximum absolute atomic E-state index is 13.7. The van der Waals surface area contributed by atoms with Gasteiger partial charge >= 0.3 is 6.18 Å². The molecule has 3 atom stereocenters. The monoisotopic (exact) mass is 688 g/mol. The second-order valence-corrected chi connectivity index (χ2v) is 20.1. The highest BCUT2D eigenvalue weighted by molar-refractivity contribution is 6.74. The Kier molecular flexibility index (Phi) is 9.24. The molecule has 48 heavy (non-hydrogen) atoms. The normalized spacial score (nSPS) is 21.5. The van der Waals surface area contributed by atoms with E-state index in [-0.39, 0.29) is 42.4 Å².